The molecule has 1 aromatic heterocycles. The van der Waals surface area contributed by atoms with Crippen LogP contribution in [0.25, 0.3) is 10.9 Å². The average molecular weight is 342 g/mol. The predicted octanol–water partition coefficient (Wildman–Crippen LogP) is 3.31. The van der Waals surface area contributed by atoms with E-state index in [1.165, 1.54) is 12.1 Å². The molecule has 0 spiro atoms. The molecule has 3 N–H and O–H groups in total. The molecular formula is C16H14N4O3S. The molecule has 8 heteroatoms. The first kappa shape index (κ1) is 16.0. The van der Waals surface area contributed by atoms with Gasteiger partial charge in [-0.1, -0.05) is 6.07 Å². The van der Waals surface area contributed by atoms with E-state index in [2.05, 4.69) is 15.2 Å². The Labute approximate surface area is 138 Å². The van der Waals surface area contributed by atoms with Gasteiger partial charge in [0.25, 0.3) is 0 Å². The number of rotatable bonds is 3. The highest BCUT2D eigenvalue weighted by Crippen LogP contribution is 2.32. The second-order valence-corrected chi connectivity index (χ2v) is 6.73. The van der Waals surface area contributed by atoms with Crippen LogP contribution >= 0.6 is 0 Å². The Hall–Kier alpha value is -2.84. The average Bonchev–Trinajstić information content (AvgIpc) is 2.55. The van der Waals surface area contributed by atoms with Gasteiger partial charge < -0.3 is 5.11 Å². The lowest BCUT2D eigenvalue weighted by Gasteiger charge is -2.04. The van der Waals surface area contributed by atoms with Gasteiger partial charge in [0.15, 0.2) is 0 Å². The zero-order chi connectivity index (χ0) is 17.3. The van der Waals surface area contributed by atoms with Crippen molar-refractivity contribution in [2.24, 2.45) is 15.4 Å². The minimum atomic E-state index is -3.82. The number of primary sulfonamides is 1. The van der Waals surface area contributed by atoms with Gasteiger partial charge >= 0.3 is 0 Å². The van der Waals surface area contributed by atoms with Crippen molar-refractivity contribution in [2.45, 2.75) is 11.8 Å². The largest absolute Gasteiger partial charge is 0.506 e. The van der Waals surface area contributed by atoms with Gasteiger partial charge in [-0.2, -0.15) is 5.11 Å². The molecule has 0 fully saturated rings. The summed E-state index contributed by atoms with van der Waals surface area (Å²) >= 11 is 0. The van der Waals surface area contributed by atoms with Crippen molar-refractivity contribution in [1.82, 2.24) is 4.98 Å². The van der Waals surface area contributed by atoms with E-state index in [1.807, 2.05) is 0 Å². The number of sulfonamides is 1. The number of fused-ring (bicyclic) bond motifs is 1. The van der Waals surface area contributed by atoms with Crippen LogP contribution in [-0.4, -0.2) is 18.5 Å². The van der Waals surface area contributed by atoms with Gasteiger partial charge in [-0.05, 0) is 48.9 Å². The Bertz CT molecular complexity index is 1060. The van der Waals surface area contributed by atoms with Crippen LogP contribution in [0, 0.1) is 6.92 Å². The van der Waals surface area contributed by atoms with Crippen LogP contribution in [-0.2, 0) is 10.0 Å². The van der Waals surface area contributed by atoms with Crippen LogP contribution in [0.15, 0.2) is 63.8 Å². The van der Waals surface area contributed by atoms with Gasteiger partial charge in [-0.3, -0.25) is 4.98 Å². The summed E-state index contributed by atoms with van der Waals surface area (Å²) in [6.45, 7) is 1.65. The van der Waals surface area contributed by atoms with Gasteiger partial charge in [-0.25, -0.2) is 13.6 Å². The minimum absolute atomic E-state index is 0.0104. The zero-order valence-electron chi connectivity index (χ0n) is 12.7. The van der Waals surface area contributed by atoms with Gasteiger partial charge in [0.1, 0.15) is 11.3 Å². The zero-order valence-corrected chi connectivity index (χ0v) is 13.5. The third kappa shape index (κ3) is 3.10. The molecule has 0 amide bonds. The maximum Gasteiger partial charge on any atom is 0.238 e. The summed E-state index contributed by atoms with van der Waals surface area (Å²) in [5.74, 6) is 0.0522. The highest BCUT2D eigenvalue weighted by atomic mass is 32.2. The first-order valence-corrected chi connectivity index (χ1v) is 8.53. The highest BCUT2D eigenvalue weighted by Gasteiger charge is 2.12. The fourth-order valence-electron chi connectivity index (χ4n) is 2.30. The monoisotopic (exact) mass is 342 g/mol. The molecule has 0 atom stereocenters. The first-order valence-electron chi connectivity index (χ1n) is 6.98. The van der Waals surface area contributed by atoms with Crippen LogP contribution in [0.3, 0.4) is 0 Å². The van der Waals surface area contributed by atoms with Gasteiger partial charge in [0.2, 0.25) is 10.0 Å². The summed E-state index contributed by atoms with van der Waals surface area (Å²) in [4.78, 5) is 4.12. The van der Waals surface area contributed by atoms with E-state index in [9.17, 15) is 13.5 Å². The Morgan fingerprint density at radius 1 is 1.12 bits per heavy atom. The molecule has 2 aromatic carbocycles. The second-order valence-electron chi connectivity index (χ2n) is 5.20. The van der Waals surface area contributed by atoms with Crippen molar-refractivity contribution in [1.29, 1.82) is 0 Å². The van der Waals surface area contributed by atoms with E-state index >= 15 is 0 Å². The number of hydrogen-bond donors (Lipinski definition) is 2. The van der Waals surface area contributed by atoms with Crippen molar-refractivity contribution in [2.75, 3.05) is 0 Å². The molecule has 0 aliphatic rings. The number of aromatic nitrogens is 1. The fraction of sp³-hybridized carbons (Fsp3) is 0.0625. The van der Waals surface area contributed by atoms with Crippen molar-refractivity contribution < 1.29 is 13.5 Å². The molecule has 0 aliphatic heterocycles. The Morgan fingerprint density at radius 2 is 1.92 bits per heavy atom. The normalized spacial score (nSPS) is 12.1. The smallest absolute Gasteiger partial charge is 0.238 e. The molecule has 1 heterocycles. The Kier molecular flexibility index (Phi) is 4.00. The number of pyridine rings is 1. The van der Waals surface area contributed by atoms with Crippen LogP contribution in [0.5, 0.6) is 5.75 Å². The lowest BCUT2D eigenvalue weighted by Crippen LogP contribution is -2.13. The number of azo groups is 1. The number of phenols is 1. The summed E-state index contributed by atoms with van der Waals surface area (Å²) in [6, 6.07) is 11.2. The lowest BCUT2D eigenvalue weighted by molar-refractivity contribution is 0.480. The van der Waals surface area contributed by atoms with Crippen molar-refractivity contribution >= 4 is 32.3 Å². The third-order valence-electron chi connectivity index (χ3n) is 3.48. The molecule has 24 heavy (non-hydrogen) atoms. The van der Waals surface area contributed by atoms with E-state index in [4.69, 9.17) is 5.14 Å². The van der Waals surface area contributed by atoms with Crippen LogP contribution in [0.2, 0.25) is 0 Å². The standard InChI is InChI=1S/C16H14N4O3S/c1-10-4-5-11(9-15(10)24(17,22)23)19-20-13-6-7-14(21)16-12(13)3-2-8-18-16/h2-9,21H,1H3,(H2,17,22,23). The quantitative estimate of drug-likeness (QED) is 0.710. The first-order chi connectivity index (χ1) is 11.4. The summed E-state index contributed by atoms with van der Waals surface area (Å²) in [5.41, 5.74) is 1.82. The maximum atomic E-state index is 11.6. The molecule has 0 aliphatic carbocycles. The van der Waals surface area contributed by atoms with E-state index in [1.54, 1.807) is 43.5 Å². The summed E-state index contributed by atoms with van der Waals surface area (Å²) in [5, 5.41) is 23.9. The number of phenolic OH excluding ortho intramolecular Hbond substituents is 1. The molecular weight excluding hydrogens is 328 g/mol. The van der Waals surface area contributed by atoms with Crippen LogP contribution in [0.1, 0.15) is 5.56 Å². The molecule has 3 aromatic rings. The van der Waals surface area contributed by atoms with Crippen molar-refractivity contribution in [3.63, 3.8) is 0 Å². The van der Waals surface area contributed by atoms with Crippen molar-refractivity contribution in [3.8, 4) is 5.75 Å². The summed E-state index contributed by atoms with van der Waals surface area (Å²) in [7, 11) is -3.82. The molecule has 0 bridgehead atoms. The van der Waals surface area contributed by atoms with Crippen LogP contribution in [0.4, 0.5) is 11.4 Å². The maximum absolute atomic E-state index is 11.6. The number of nitrogens with two attached hydrogens (primary N) is 1. The lowest BCUT2D eigenvalue weighted by atomic mass is 10.2. The second kappa shape index (κ2) is 5.99. The number of aromatic hydroxyl groups is 1. The van der Waals surface area contributed by atoms with Crippen LogP contribution < -0.4 is 5.14 Å². The van der Waals surface area contributed by atoms with E-state index in [0.29, 0.717) is 27.8 Å². The summed E-state index contributed by atoms with van der Waals surface area (Å²) in [6.07, 6.45) is 1.57. The molecule has 0 radical (unpaired) electrons. The number of benzene rings is 2. The molecule has 0 saturated carbocycles. The van der Waals surface area contributed by atoms with Gasteiger partial charge in [0, 0.05) is 11.6 Å². The molecule has 0 unspecified atom stereocenters. The number of nitrogens with zero attached hydrogens (tertiary/aromatic N) is 3. The highest BCUT2D eigenvalue weighted by molar-refractivity contribution is 7.89. The fourth-order valence-corrected chi connectivity index (χ4v) is 3.10. The Balaban J connectivity index is 2.05. The molecule has 3 rings (SSSR count). The number of hydrogen-bond acceptors (Lipinski definition) is 6. The van der Waals surface area contributed by atoms with E-state index in [-0.39, 0.29) is 10.6 Å². The van der Waals surface area contributed by atoms with E-state index < -0.39 is 10.0 Å². The Morgan fingerprint density at radius 3 is 2.67 bits per heavy atom. The molecule has 7 nitrogen and oxygen atoms in total. The topological polar surface area (TPSA) is 118 Å². The SMILES string of the molecule is Cc1ccc(N=Nc2ccc(O)c3ncccc23)cc1S(N)(=O)=O. The van der Waals surface area contributed by atoms with Gasteiger partial charge in [-0.15, -0.1) is 5.11 Å². The molecule has 0 saturated heterocycles. The third-order valence-corrected chi connectivity index (χ3v) is 4.53. The van der Waals surface area contributed by atoms with Crippen molar-refractivity contribution in [3.05, 3.63) is 54.2 Å². The molecule has 122 valence electrons. The number of aryl methyl sites for hydroxylation is 1. The summed E-state index contributed by atoms with van der Waals surface area (Å²) < 4.78 is 23.1. The van der Waals surface area contributed by atoms with Gasteiger partial charge in [0.05, 0.1) is 16.3 Å². The van der Waals surface area contributed by atoms with E-state index in [0.717, 1.165) is 0 Å². The minimum Gasteiger partial charge on any atom is -0.506 e. The predicted molar refractivity (Wildman–Crippen MR) is 90.1 cm³/mol.